The maximum Gasteiger partial charge on any atom is 0.277 e. The van der Waals surface area contributed by atoms with Crippen LogP contribution < -0.4 is 5.32 Å². The molecule has 0 aliphatic rings. The number of halogens is 2. The Bertz CT molecular complexity index is 857. The first kappa shape index (κ1) is 15.6. The first-order chi connectivity index (χ1) is 11.0. The second-order valence-corrected chi connectivity index (χ2v) is 5.79. The monoisotopic (exact) mass is 346 g/mol. The summed E-state index contributed by atoms with van der Waals surface area (Å²) in [6.07, 6.45) is 0. The van der Waals surface area contributed by atoms with Crippen molar-refractivity contribution >= 4 is 34.8 Å². The Morgan fingerprint density at radius 3 is 2.61 bits per heavy atom. The lowest BCUT2D eigenvalue weighted by Crippen LogP contribution is -2.13. The zero-order valence-electron chi connectivity index (χ0n) is 12.1. The molecule has 116 valence electrons. The summed E-state index contributed by atoms with van der Waals surface area (Å²) in [5, 5.41) is 7.80. The first-order valence-corrected chi connectivity index (χ1v) is 7.59. The zero-order valence-corrected chi connectivity index (χ0v) is 13.7. The largest absolute Gasteiger partial charge is 0.355 e. The molecule has 1 N–H and O–H groups in total. The molecule has 0 unspecified atom stereocenters. The highest BCUT2D eigenvalue weighted by Crippen LogP contribution is 2.25. The van der Waals surface area contributed by atoms with Crippen molar-refractivity contribution in [3.05, 3.63) is 69.8 Å². The van der Waals surface area contributed by atoms with Crippen molar-refractivity contribution in [2.45, 2.75) is 6.92 Å². The van der Waals surface area contributed by atoms with E-state index >= 15 is 0 Å². The molecule has 23 heavy (non-hydrogen) atoms. The van der Waals surface area contributed by atoms with Gasteiger partial charge in [-0.3, -0.25) is 4.79 Å². The Hall–Kier alpha value is -2.30. The lowest BCUT2D eigenvalue weighted by Gasteiger charge is -2.07. The minimum atomic E-state index is -0.362. The number of rotatable bonds is 3. The smallest absolute Gasteiger partial charge is 0.277 e. The van der Waals surface area contributed by atoms with Crippen LogP contribution in [0.25, 0.3) is 11.3 Å². The third-order valence-corrected chi connectivity index (χ3v) is 4.05. The normalized spacial score (nSPS) is 10.6. The lowest BCUT2D eigenvalue weighted by molar-refractivity contribution is 0.101. The van der Waals surface area contributed by atoms with Gasteiger partial charge < -0.3 is 9.84 Å². The van der Waals surface area contributed by atoms with E-state index in [1.807, 2.05) is 6.92 Å². The molecule has 1 heterocycles. The van der Waals surface area contributed by atoms with Crippen LogP contribution in [-0.2, 0) is 0 Å². The van der Waals surface area contributed by atoms with Gasteiger partial charge in [-0.05, 0) is 48.9 Å². The summed E-state index contributed by atoms with van der Waals surface area (Å²) in [4.78, 5) is 12.3. The average Bonchev–Trinajstić information content (AvgIpc) is 3.02. The Balaban J connectivity index is 1.81. The second-order valence-electron chi connectivity index (χ2n) is 4.95. The van der Waals surface area contributed by atoms with Gasteiger partial charge in [0.25, 0.3) is 5.91 Å². The van der Waals surface area contributed by atoms with E-state index in [9.17, 15) is 4.79 Å². The summed E-state index contributed by atoms with van der Waals surface area (Å²) < 4.78 is 5.22. The minimum absolute atomic E-state index is 0.189. The van der Waals surface area contributed by atoms with Crippen LogP contribution in [0.1, 0.15) is 16.1 Å². The van der Waals surface area contributed by atoms with Crippen molar-refractivity contribution in [1.82, 2.24) is 5.16 Å². The Morgan fingerprint density at radius 2 is 1.87 bits per heavy atom. The highest BCUT2D eigenvalue weighted by Gasteiger charge is 2.15. The van der Waals surface area contributed by atoms with Gasteiger partial charge in [0.05, 0.1) is 0 Å². The third-order valence-electron chi connectivity index (χ3n) is 3.39. The van der Waals surface area contributed by atoms with Crippen LogP contribution in [0, 0.1) is 6.92 Å². The fraction of sp³-hybridized carbons (Fsp3) is 0.0588. The first-order valence-electron chi connectivity index (χ1n) is 6.84. The molecule has 0 aliphatic carbocycles. The van der Waals surface area contributed by atoms with Crippen molar-refractivity contribution in [3.8, 4) is 11.3 Å². The number of benzene rings is 2. The highest BCUT2D eigenvalue weighted by molar-refractivity contribution is 6.32. The van der Waals surface area contributed by atoms with Gasteiger partial charge in [0, 0.05) is 27.4 Å². The quantitative estimate of drug-likeness (QED) is 0.708. The van der Waals surface area contributed by atoms with Crippen molar-refractivity contribution < 1.29 is 9.32 Å². The molecule has 4 nitrogen and oxygen atoms in total. The van der Waals surface area contributed by atoms with E-state index in [1.165, 1.54) is 0 Å². The van der Waals surface area contributed by atoms with E-state index in [4.69, 9.17) is 27.7 Å². The van der Waals surface area contributed by atoms with Gasteiger partial charge in [-0.2, -0.15) is 0 Å². The highest BCUT2D eigenvalue weighted by atomic mass is 35.5. The van der Waals surface area contributed by atoms with E-state index in [0.29, 0.717) is 21.5 Å². The molecule has 0 radical (unpaired) electrons. The number of nitrogens with one attached hydrogen (secondary N) is 1. The average molecular weight is 347 g/mol. The molecule has 0 spiro atoms. The molecule has 1 aromatic heterocycles. The molecule has 0 atom stereocenters. The molecular formula is C17H12Cl2N2O2. The van der Waals surface area contributed by atoms with E-state index in [2.05, 4.69) is 10.5 Å². The molecule has 6 heteroatoms. The van der Waals surface area contributed by atoms with Crippen LogP contribution in [-0.4, -0.2) is 11.1 Å². The summed E-state index contributed by atoms with van der Waals surface area (Å²) in [7, 11) is 0. The van der Waals surface area contributed by atoms with Gasteiger partial charge >= 0.3 is 0 Å². The lowest BCUT2D eigenvalue weighted by atomic mass is 10.1. The molecule has 0 saturated carbocycles. The summed E-state index contributed by atoms with van der Waals surface area (Å²) in [5.41, 5.74) is 2.41. The van der Waals surface area contributed by atoms with Crippen LogP contribution in [0.4, 0.5) is 5.69 Å². The predicted octanol–water partition coefficient (Wildman–Crippen LogP) is 5.21. The molecule has 0 bridgehead atoms. The molecule has 2 aromatic carbocycles. The maximum absolute atomic E-state index is 12.3. The van der Waals surface area contributed by atoms with Gasteiger partial charge in [-0.25, -0.2) is 0 Å². The summed E-state index contributed by atoms with van der Waals surface area (Å²) in [6.45, 7) is 1.83. The van der Waals surface area contributed by atoms with Crippen LogP contribution >= 0.6 is 23.2 Å². The summed E-state index contributed by atoms with van der Waals surface area (Å²) >= 11 is 11.9. The molecule has 3 rings (SSSR count). The van der Waals surface area contributed by atoms with Gasteiger partial charge in [0.2, 0.25) is 0 Å². The number of carbonyl (C=O) groups is 1. The molecule has 1 amide bonds. The SMILES string of the molecule is Cc1c(Cl)cccc1NC(=O)c1cc(-c2ccc(Cl)cc2)on1. The van der Waals surface area contributed by atoms with E-state index in [0.717, 1.165) is 11.1 Å². The minimum Gasteiger partial charge on any atom is -0.355 e. The maximum atomic E-state index is 12.3. The van der Waals surface area contributed by atoms with Gasteiger partial charge in [0.15, 0.2) is 11.5 Å². The van der Waals surface area contributed by atoms with Crippen molar-refractivity contribution in [2.24, 2.45) is 0 Å². The fourth-order valence-electron chi connectivity index (χ4n) is 2.06. The van der Waals surface area contributed by atoms with E-state index < -0.39 is 0 Å². The van der Waals surface area contributed by atoms with E-state index in [-0.39, 0.29) is 11.6 Å². The molecule has 0 aliphatic heterocycles. The van der Waals surface area contributed by atoms with Gasteiger partial charge in [0.1, 0.15) is 0 Å². The number of nitrogens with zero attached hydrogens (tertiary/aromatic N) is 1. The van der Waals surface area contributed by atoms with Crippen LogP contribution in [0.2, 0.25) is 10.0 Å². The van der Waals surface area contributed by atoms with Crippen LogP contribution in [0.5, 0.6) is 0 Å². The van der Waals surface area contributed by atoms with Crippen molar-refractivity contribution in [2.75, 3.05) is 5.32 Å². The predicted molar refractivity (Wildman–Crippen MR) is 91.1 cm³/mol. The number of anilines is 1. The Labute approximate surface area is 143 Å². The number of hydrogen-bond acceptors (Lipinski definition) is 3. The standard InChI is InChI=1S/C17H12Cl2N2O2/c1-10-13(19)3-2-4-14(10)20-17(22)15-9-16(23-21-15)11-5-7-12(18)8-6-11/h2-9H,1H3,(H,20,22). The number of carbonyl (C=O) groups excluding carboxylic acids is 1. The van der Waals surface area contributed by atoms with Crippen molar-refractivity contribution in [1.29, 1.82) is 0 Å². The topological polar surface area (TPSA) is 55.1 Å². The van der Waals surface area contributed by atoms with Crippen LogP contribution in [0.3, 0.4) is 0 Å². The molecular weight excluding hydrogens is 335 g/mol. The third kappa shape index (κ3) is 3.38. The number of hydrogen-bond donors (Lipinski definition) is 1. The molecule has 0 fully saturated rings. The van der Waals surface area contributed by atoms with Gasteiger partial charge in [-0.1, -0.05) is 34.4 Å². The number of amides is 1. The number of aromatic nitrogens is 1. The van der Waals surface area contributed by atoms with E-state index in [1.54, 1.807) is 48.5 Å². The second kappa shape index (κ2) is 6.44. The Morgan fingerprint density at radius 1 is 1.13 bits per heavy atom. The molecule has 3 aromatic rings. The Kier molecular flexibility index (Phi) is 4.37. The summed E-state index contributed by atoms with van der Waals surface area (Å²) in [6, 6.07) is 14.0. The van der Waals surface area contributed by atoms with Crippen LogP contribution in [0.15, 0.2) is 53.1 Å². The van der Waals surface area contributed by atoms with Crippen molar-refractivity contribution in [3.63, 3.8) is 0 Å². The van der Waals surface area contributed by atoms with Gasteiger partial charge in [-0.15, -0.1) is 0 Å². The summed E-state index contributed by atoms with van der Waals surface area (Å²) in [5.74, 6) is 0.133. The fourth-order valence-corrected chi connectivity index (χ4v) is 2.36. The zero-order chi connectivity index (χ0) is 16.4. The molecule has 0 saturated heterocycles.